The van der Waals surface area contributed by atoms with E-state index in [0.717, 1.165) is 49.6 Å². The summed E-state index contributed by atoms with van der Waals surface area (Å²) in [6, 6.07) is 4.33. The van der Waals surface area contributed by atoms with E-state index in [4.69, 9.17) is 14.2 Å². The summed E-state index contributed by atoms with van der Waals surface area (Å²) in [7, 11) is 2.34. The molecule has 0 aromatic heterocycles. The number of ether oxygens (including phenoxy) is 3. The summed E-state index contributed by atoms with van der Waals surface area (Å²) in [5, 5.41) is 13.1. The number of carbonyl (C=O) groups is 3. The van der Waals surface area contributed by atoms with Crippen LogP contribution in [0.2, 0.25) is 0 Å². The van der Waals surface area contributed by atoms with Gasteiger partial charge in [-0.1, -0.05) is 6.07 Å². The Bertz CT molecular complexity index is 1180. The molecule has 2 aromatic carbocycles. The van der Waals surface area contributed by atoms with E-state index in [0.29, 0.717) is 4.90 Å². The lowest BCUT2D eigenvalue weighted by molar-refractivity contribution is -0.384. The fraction of sp³-hybridized carbons (Fsp3) is 0.190. The van der Waals surface area contributed by atoms with Gasteiger partial charge in [0.25, 0.3) is 5.69 Å². The van der Waals surface area contributed by atoms with Crippen LogP contribution in [0.15, 0.2) is 53.7 Å². The predicted octanol–water partition coefficient (Wildman–Crippen LogP) is 3.21. The number of esters is 1. The van der Waals surface area contributed by atoms with E-state index in [9.17, 15) is 33.3 Å². The van der Waals surface area contributed by atoms with Gasteiger partial charge in [-0.25, -0.2) is 28.1 Å². The van der Waals surface area contributed by atoms with E-state index in [1.54, 1.807) is 0 Å². The van der Waals surface area contributed by atoms with Gasteiger partial charge in [0.15, 0.2) is 11.6 Å². The molecule has 2 aromatic rings. The molecule has 0 radical (unpaired) electrons. The first-order chi connectivity index (χ1) is 16.2. The number of hydrogen-bond acceptors (Lipinski definition) is 8. The zero-order valence-corrected chi connectivity index (χ0v) is 17.7. The van der Waals surface area contributed by atoms with E-state index in [2.05, 4.69) is 5.32 Å². The largest absolute Gasteiger partial charge is 0.466 e. The Labute approximate surface area is 190 Å². The van der Waals surface area contributed by atoms with E-state index in [1.165, 1.54) is 7.11 Å². The molecule has 3 rings (SSSR count). The fourth-order valence-electron chi connectivity index (χ4n) is 3.24. The van der Waals surface area contributed by atoms with Crippen molar-refractivity contribution < 1.29 is 42.3 Å². The molecule has 0 saturated carbocycles. The van der Waals surface area contributed by atoms with Crippen LogP contribution in [-0.4, -0.2) is 48.7 Å². The van der Waals surface area contributed by atoms with Crippen molar-refractivity contribution in [3.05, 3.63) is 81.0 Å². The second kappa shape index (κ2) is 10.0. The molecule has 1 aliphatic heterocycles. The van der Waals surface area contributed by atoms with Crippen molar-refractivity contribution in [2.45, 2.75) is 6.04 Å². The number of urea groups is 1. The van der Waals surface area contributed by atoms with Crippen LogP contribution in [0, 0.1) is 21.7 Å². The number of hydrogen-bond donors (Lipinski definition) is 1. The molecule has 1 unspecified atom stereocenters. The first-order valence-corrected chi connectivity index (χ1v) is 9.49. The topological polar surface area (TPSA) is 137 Å². The highest BCUT2D eigenvalue weighted by Crippen LogP contribution is 2.36. The zero-order chi connectivity index (χ0) is 25.0. The molecule has 13 heteroatoms. The van der Waals surface area contributed by atoms with Gasteiger partial charge in [-0.05, 0) is 29.8 Å². The van der Waals surface area contributed by atoms with Crippen molar-refractivity contribution in [3.8, 4) is 5.75 Å². The summed E-state index contributed by atoms with van der Waals surface area (Å²) in [5.41, 5.74) is -0.747. The summed E-state index contributed by atoms with van der Waals surface area (Å²) in [4.78, 5) is 49.1. The summed E-state index contributed by atoms with van der Waals surface area (Å²) in [5.74, 6) is -3.61. The second-order valence-electron chi connectivity index (χ2n) is 6.81. The van der Waals surface area contributed by atoms with Crippen molar-refractivity contribution in [1.29, 1.82) is 0 Å². The van der Waals surface area contributed by atoms with Crippen LogP contribution in [0.25, 0.3) is 0 Å². The number of amides is 3. The molecular formula is C21H17F2N3O8. The highest BCUT2D eigenvalue weighted by atomic mass is 19.2. The lowest BCUT2D eigenvalue weighted by Crippen LogP contribution is -2.53. The third kappa shape index (κ3) is 4.83. The number of rotatable bonds is 6. The summed E-state index contributed by atoms with van der Waals surface area (Å²) in [6.07, 6.45) is -1.31. The molecule has 1 N–H and O–H groups in total. The maximum atomic E-state index is 14.0. The maximum Gasteiger partial charge on any atom is 0.424 e. The number of nitrogens with one attached hydrogen (secondary N) is 1. The number of nitro benzene ring substituents is 1. The average molecular weight is 477 g/mol. The van der Waals surface area contributed by atoms with Crippen molar-refractivity contribution in [3.63, 3.8) is 0 Å². The van der Waals surface area contributed by atoms with Gasteiger partial charge < -0.3 is 19.5 Å². The standard InChI is InChI=1S/C21H17F2N3O8/c1-32-10-16-17(19(27)33-2)18(11-3-8-14(22)15(23)9-11)25(20(28)24-16)21(29)34-13-6-4-12(5-7-13)26(30)31/h3-9,18H,10H2,1-2H3,(H,24,28). The smallest absolute Gasteiger partial charge is 0.424 e. The van der Waals surface area contributed by atoms with E-state index in [1.807, 2.05) is 0 Å². The third-order valence-electron chi connectivity index (χ3n) is 4.74. The minimum Gasteiger partial charge on any atom is -0.466 e. The van der Waals surface area contributed by atoms with Gasteiger partial charge in [0.2, 0.25) is 0 Å². The lowest BCUT2D eigenvalue weighted by atomic mass is 9.93. The molecule has 0 fully saturated rings. The van der Waals surface area contributed by atoms with Crippen LogP contribution in [0.4, 0.5) is 24.1 Å². The SMILES string of the molecule is COCC1=C(C(=O)OC)C(c2ccc(F)c(F)c2)N(C(=O)Oc2ccc([N+](=O)[O-])cc2)C(=O)N1. The van der Waals surface area contributed by atoms with Crippen molar-refractivity contribution in [1.82, 2.24) is 10.2 Å². The Morgan fingerprint density at radius 1 is 1.12 bits per heavy atom. The van der Waals surface area contributed by atoms with Gasteiger partial charge in [0, 0.05) is 19.2 Å². The maximum absolute atomic E-state index is 14.0. The molecule has 11 nitrogen and oxygen atoms in total. The summed E-state index contributed by atoms with van der Waals surface area (Å²) < 4.78 is 42.5. The van der Waals surface area contributed by atoms with Crippen LogP contribution in [0.3, 0.4) is 0 Å². The summed E-state index contributed by atoms with van der Waals surface area (Å²) in [6.45, 7) is -0.276. The Morgan fingerprint density at radius 3 is 2.35 bits per heavy atom. The van der Waals surface area contributed by atoms with E-state index >= 15 is 0 Å². The molecule has 0 aliphatic carbocycles. The Hall–Kier alpha value is -4.39. The van der Waals surface area contributed by atoms with Gasteiger partial charge in [-0.3, -0.25) is 10.1 Å². The van der Waals surface area contributed by atoms with Crippen molar-refractivity contribution in [2.75, 3.05) is 20.8 Å². The van der Waals surface area contributed by atoms with Gasteiger partial charge in [-0.15, -0.1) is 0 Å². The van der Waals surface area contributed by atoms with E-state index < -0.39 is 40.7 Å². The van der Waals surface area contributed by atoms with Crippen LogP contribution < -0.4 is 10.1 Å². The number of non-ortho nitro benzene ring substituents is 1. The third-order valence-corrected chi connectivity index (χ3v) is 4.74. The molecule has 1 heterocycles. The second-order valence-corrected chi connectivity index (χ2v) is 6.81. The first-order valence-electron chi connectivity index (χ1n) is 9.49. The van der Waals surface area contributed by atoms with Gasteiger partial charge in [0.1, 0.15) is 11.8 Å². The van der Waals surface area contributed by atoms with Crippen LogP contribution in [0.1, 0.15) is 11.6 Å². The minimum absolute atomic E-state index is 0.0616. The van der Waals surface area contributed by atoms with Gasteiger partial charge in [-0.2, -0.15) is 0 Å². The van der Waals surface area contributed by atoms with Crippen LogP contribution in [0.5, 0.6) is 5.75 Å². The number of imide groups is 1. The normalized spacial score (nSPS) is 15.6. The molecule has 178 valence electrons. The summed E-state index contributed by atoms with van der Waals surface area (Å²) >= 11 is 0. The van der Waals surface area contributed by atoms with E-state index in [-0.39, 0.29) is 34.9 Å². The molecule has 1 atom stereocenters. The highest BCUT2D eigenvalue weighted by Gasteiger charge is 2.44. The molecule has 0 spiro atoms. The Kier molecular flexibility index (Phi) is 7.16. The van der Waals surface area contributed by atoms with Gasteiger partial charge in [0.05, 0.1) is 29.9 Å². The molecule has 1 aliphatic rings. The van der Waals surface area contributed by atoms with Crippen LogP contribution in [-0.2, 0) is 14.3 Å². The molecule has 0 saturated heterocycles. The number of halogens is 2. The molecule has 0 bridgehead atoms. The minimum atomic E-state index is -1.58. The molecule has 34 heavy (non-hydrogen) atoms. The fourth-order valence-corrected chi connectivity index (χ4v) is 3.24. The zero-order valence-electron chi connectivity index (χ0n) is 17.7. The number of carbonyl (C=O) groups excluding carboxylic acids is 3. The number of nitrogens with zero attached hydrogens (tertiary/aromatic N) is 2. The Morgan fingerprint density at radius 2 is 1.79 bits per heavy atom. The van der Waals surface area contributed by atoms with Crippen LogP contribution >= 0.6 is 0 Å². The quantitative estimate of drug-likeness (QED) is 0.380. The van der Waals surface area contributed by atoms with Crippen molar-refractivity contribution in [2.24, 2.45) is 0 Å². The highest BCUT2D eigenvalue weighted by molar-refractivity contribution is 6.01. The monoisotopic (exact) mass is 477 g/mol. The number of nitro groups is 1. The lowest BCUT2D eigenvalue weighted by Gasteiger charge is -2.36. The average Bonchev–Trinajstić information content (AvgIpc) is 2.80. The number of methoxy groups -OCH3 is 2. The predicted molar refractivity (Wildman–Crippen MR) is 110 cm³/mol. The first kappa shape index (κ1) is 24.3. The van der Waals surface area contributed by atoms with Gasteiger partial charge >= 0.3 is 18.1 Å². The molecular weight excluding hydrogens is 460 g/mol. The molecule has 3 amide bonds. The Balaban J connectivity index is 2.09. The number of benzene rings is 2. The van der Waals surface area contributed by atoms with Crippen molar-refractivity contribution >= 4 is 23.8 Å².